The molecule has 1 aliphatic heterocycles. The quantitative estimate of drug-likeness (QED) is 0.927. The molecule has 0 bridgehead atoms. The highest BCUT2D eigenvalue weighted by molar-refractivity contribution is 5.99. The number of aromatic nitrogens is 1. The Morgan fingerprint density at radius 3 is 2.67 bits per heavy atom. The van der Waals surface area contributed by atoms with Crippen LogP contribution in [0.25, 0.3) is 0 Å². The molecule has 1 aromatic rings. The maximum Gasteiger partial charge on any atom is 0.256 e. The number of pyridine rings is 1. The molecule has 2 aliphatic rings. The maximum absolute atomic E-state index is 12.8. The second kappa shape index (κ2) is 6.04. The highest BCUT2D eigenvalue weighted by Gasteiger charge is 2.38. The summed E-state index contributed by atoms with van der Waals surface area (Å²) in [5, 5.41) is 3.23. The topological polar surface area (TPSA) is 45.2 Å². The largest absolute Gasteiger partial charge is 0.383 e. The number of hydrogen-bond donors (Lipinski definition) is 1. The van der Waals surface area contributed by atoms with Crippen LogP contribution in [0.3, 0.4) is 0 Å². The van der Waals surface area contributed by atoms with Gasteiger partial charge in [0.1, 0.15) is 0 Å². The Bertz CT molecular complexity index is 499. The summed E-state index contributed by atoms with van der Waals surface area (Å²) in [6.07, 6.45) is 11.3. The Morgan fingerprint density at radius 1 is 1.29 bits per heavy atom. The Balaban J connectivity index is 1.69. The number of carbonyl (C=O) groups is 1. The highest BCUT2D eigenvalue weighted by Crippen LogP contribution is 2.46. The van der Waals surface area contributed by atoms with Crippen molar-refractivity contribution in [3.8, 4) is 0 Å². The van der Waals surface area contributed by atoms with E-state index in [2.05, 4.69) is 10.3 Å². The average Bonchev–Trinajstić information content (AvgIpc) is 2.97. The van der Waals surface area contributed by atoms with Gasteiger partial charge in [-0.15, -0.1) is 0 Å². The number of nitrogens with one attached hydrogen (secondary N) is 1. The van der Waals surface area contributed by atoms with Gasteiger partial charge in [-0.2, -0.15) is 0 Å². The van der Waals surface area contributed by atoms with Crippen LogP contribution in [-0.2, 0) is 0 Å². The van der Waals surface area contributed by atoms with Crippen molar-refractivity contribution in [2.75, 3.05) is 25.0 Å². The fourth-order valence-corrected chi connectivity index (χ4v) is 3.89. The van der Waals surface area contributed by atoms with E-state index in [9.17, 15) is 4.79 Å². The summed E-state index contributed by atoms with van der Waals surface area (Å²) in [6.45, 7) is 4.65. The summed E-state index contributed by atoms with van der Waals surface area (Å²) in [5.74, 6) is 0.154. The van der Waals surface area contributed by atoms with E-state index < -0.39 is 0 Å². The van der Waals surface area contributed by atoms with E-state index in [-0.39, 0.29) is 5.91 Å². The van der Waals surface area contributed by atoms with Crippen LogP contribution in [0, 0.1) is 5.41 Å². The molecule has 1 aromatic heterocycles. The SMILES string of the molecule is CCNc1cnccc1C(=O)N1CCC2(CCCC2)CC1. The lowest BCUT2D eigenvalue weighted by Gasteiger charge is -2.39. The van der Waals surface area contributed by atoms with Crippen LogP contribution in [0.15, 0.2) is 18.5 Å². The Morgan fingerprint density at radius 2 is 2.00 bits per heavy atom. The van der Waals surface area contributed by atoms with E-state index in [0.29, 0.717) is 5.41 Å². The number of amides is 1. The summed E-state index contributed by atoms with van der Waals surface area (Å²) in [7, 11) is 0. The zero-order valence-electron chi connectivity index (χ0n) is 12.9. The van der Waals surface area contributed by atoms with Crippen LogP contribution in [0.4, 0.5) is 5.69 Å². The van der Waals surface area contributed by atoms with Crippen molar-refractivity contribution < 1.29 is 4.79 Å². The van der Waals surface area contributed by atoms with Crippen molar-refractivity contribution in [1.82, 2.24) is 9.88 Å². The standard InChI is InChI=1S/C17H25N3O/c1-2-19-15-13-18-10-5-14(15)16(21)20-11-8-17(9-12-20)6-3-4-7-17/h5,10,13,19H,2-4,6-9,11-12H2,1H3. The predicted octanol–water partition coefficient (Wildman–Crippen LogP) is 3.31. The van der Waals surface area contributed by atoms with Gasteiger partial charge < -0.3 is 10.2 Å². The molecule has 0 atom stereocenters. The van der Waals surface area contributed by atoms with Crippen molar-refractivity contribution in [2.45, 2.75) is 45.4 Å². The molecule has 114 valence electrons. The zero-order valence-corrected chi connectivity index (χ0v) is 12.9. The third kappa shape index (κ3) is 2.89. The van der Waals surface area contributed by atoms with Gasteiger partial charge in [0.25, 0.3) is 5.91 Å². The van der Waals surface area contributed by atoms with E-state index in [4.69, 9.17) is 0 Å². The van der Waals surface area contributed by atoms with Gasteiger partial charge in [-0.25, -0.2) is 0 Å². The van der Waals surface area contributed by atoms with Crippen molar-refractivity contribution in [3.05, 3.63) is 24.0 Å². The number of carbonyl (C=O) groups excluding carboxylic acids is 1. The lowest BCUT2D eigenvalue weighted by atomic mass is 9.77. The summed E-state index contributed by atoms with van der Waals surface area (Å²) >= 11 is 0. The molecular weight excluding hydrogens is 262 g/mol. The second-order valence-corrected chi connectivity index (χ2v) is 6.45. The van der Waals surface area contributed by atoms with Crippen LogP contribution in [0.2, 0.25) is 0 Å². The van der Waals surface area contributed by atoms with E-state index in [1.807, 2.05) is 17.9 Å². The van der Waals surface area contributed by atoms with Gasteiger partial charge >= 0.3 is 0 Å². The Kier molecular flexibility index (Phi) is 4.13. The molecule has 21 heavy (non-hydrogen) atoms. The van der Waals surface area contributed by atoms with E-state index >= 15 is 0 Å². The molecule has 1 saturated carbocycles. The normalized spacial score (nSPS) is 20.7. The van der Waals surface area contributed by atoms with Crippen molar-refractivity contribution >= 4 is 11.6 Å². The maximum atomic E-state index is 12.8. The summed E-state index contributed by atoms with van der Waals surface area (Å²) in [6, 6.07) is 1.83. The lowest BCUT2D eigenvalue weighted by molar-refractivity contribution is 0.0588. The van der Waals surface area contributed by atoms with Gasteiger partial charge in [0.15, 0.2) is 0 Å². The molecule has 1 aliphatic carbocycles. The van der Waals surface area contributed by atoms with Gasteiger partial charge in [-0.05, 0) is 44.1 Å². The molecule has 2 fully saturated rings. The van der Waals surface area contributed by atoms with E-state index in [1.54, 1.807) is 12.4 Å². The number of anilines is 1. The lowest BCUT2D eigenvalue weighted by Crippen LogP contribution is -2.42. The zero-order chi connectivity index (χ0) is 14.7. The minimum Gasteiger partial charge on any atom is -0.383 e. The molecule has 4 nitrogen and oxygen atoms in total. The molecule has 0 aromatic carbocycles. The number of hydrogen-bond acceptors (Lipinski definition) is 3. The molecule has 1 spiro atoms. The number of piperidine rings is 1. The van der Waals surface area contributed by atoms with Crippen molar-refractivity contribution in [2.24, 2.45) is 5.41 Å². The molecule has 2 heterocycles. The van der Waals surface area contributed by atoms with Gasteiger partial charge in [-0.1, -0.05) is 12.8 Å². The third-order valence-corrected chi connectivity index (χ3v) is 5.19. The minimum atomic E-state index is 0.154. The molecular formula is C17H25N3O. The first kappa shape index (κ1) is 14.4. The third-order valence-electron chi connectivity index (χ3n) is 5.19. The first-order valence-corrected chi connectivity index (χ1v) is 8.21. The minimum absolute atomic E-state index is 0.154. The molecule has 0 radical (unpaired) electrons. The first-order chi connectivity index (χ1) is 10.2. The van der Waals surface area contributed by atoms with E-state index in [0.717, 1.165) is 30.9 Å². The van der Waals surface area contributed by atoms with Gasteiger partial charge in [0, 0.05) is 25.8 Å². The molecule has 3 rings (SSSR count). The van der Waals surface area contributed by atoms with E-state index in [1.165, 1.54) is 38.5 Å². The number of nitrogens with zero attached hydrogens (tertiary/aromatic N) is 2. The molecule has 4 heteroatoms. The smallest absolute Gasteiger partial charge is 0.256 e. The van der Waals surface area contributed by atoms with Crippen LogP contribution >= 0.6 is 0 Å². The fraction of sp³-hybridized carbons (Fsp3) is 0.647. The predicted molar refractivity (Wildman–Crippen MR) is 84.4 cm³/mol. The van der Waals surface area contributed by atoms with Crippen LogP contribution in [0.5, 0.6) is 0 Å². The average molecular weight is 287 g/mol. The van der Waals surface area contributed by atoms with Crippen LogP contribution < -0.4 is 5.32 Å². The molecule has 1 N–H and O–H groups in total. The Hall–Kier alpha value is -1.58. The van der Waals surface area contributed by atoms with Crippen molar-refractivity contribution in [1.29, 1.82) is 0 Å². The first-order valence-electron chi connectivity index (χ1n) is 8.21. The van der Waals surface area contributed by atoms with Crippen LogP contribution in [0.1, 0.15) is 55.8 Å². The Labute approximate surface area is 126 Å². The van der Waals surface area contributed by atoms with Gasteiger partial charge in [0.05, 0.1) is 17.4 Å². The molecule has 1 amide bonds. The summed E-state index contributed by atoms with van der Waals surface area (Å²) < 4.78 is 0. The van der Waals surface area contributed by atoms with Gasteiger partial charge in [0.2, 0.25) is 0 Å². The highest BCUT2D eigenvalue weighted by atomic mass is 16.2. The molecule has 0 unspecified atom stereocenters. The second-order valence-electron chi connectivity index (χ2n) is 6.45. The fourth-order valence-electron chi connectivity index (χ4n) is 3.89. The summed E-state index contributed by atoms with van der Waals surface area (Å²) in [5.41, 5.74) is 2.17. The summed E-state index contributed by atoms with van der Waals surface area (Å²) in [4.78, 5) is 18.9. The monoisotopic (exact) mass is 287 g/mol. The number of rotatable bonds is 3. The number of likely N-dealkylation sites (tertiary alicyclic amines) is 1. The van der Waals surface area contributed by atoms with Crippen molar-refractivity contribution in [3.63, 3.8) is 0 Å². The van der Waals surface area contributed by atoms with Crippen LogP contribution in [-0.4, -0.2) is 35.4 Å². The molecule has 1 saturated heterocycles. The van der Waals surface area contributed by atoms with Gasteiger partial charge in [-0.3, -0.25) is 9.78 Å².